The van der Waals surface area contributed by atoms with Crippen LogP contribution in [0.15, 0.2) is 64.8 Å². The van der Waals surface area contributed by atoms with E-state index in [4.69, 9.17) is 0 Å². The van der Waals surface area contributed by atoms with Crippen LogP contribution in [0.2, 0.25) is 0 Å². The van der Waals surface area contributed by atoms with E-state index in [0.717, 1.165) is 31.6 Å². The van der Waals surface area contributed by atoms with Crippen molar-refractivity contribution in [2.24, 2.45) is 5.92 Å². The van der Waals surface area contributed by atoms with Crippen LogP contribution in [0.5, 0.6) is 0 Å². The van der Waals surface area contributed by atoms with Gasteiger partial charge in [-0.15, -0.1) is 0 Å². The highest BCUT2D eigenvalue weighted by molar-refractivity contribution is 5.56. The number of hydrogen-bond acceptors (Lipinski definition) is 0. The Morgan fingerprint density at radius 2 is 1.83 bits per heavy atom. The van der Waals surface area contributed by atoms with E-state index in [1.54, 1.807) is 5.57 Å². The Morgan fingerprint density at radius 3 is 2.52 bits per heavy atom. The van der Waals surface area contributed by atoms with Crippen molar-refractivity contribution in [3.05, 3.63) is 81.5 Å². The van der Waals surface area contributed by atoms with Crippen molar-refractivity contribution in [3.8, 4) is 0 Å². The van der Waals surface area contributed by atoms with Crippen LogP contribution in [0.4, 0.5) is 0 Å². The molecule has 0 bridgehead atoms. The van der Waals surface area contributed by atoms with Crippen LogP contribution in [0, 0.1) is 12.8 Å². The van der Waals surface area contributed by atoms with Gasteiger partial charge in [0.15, 0.2) is 0 Å². The number of hydrogen-bond donors (Lipinski definition) is 0. The standard InChI is InChI=1S/C29H40/c1-8-24(9-2)12-10-11-20(4)29-22(6)17-26(23(29)7)18-27-21(5)16-25-14-13-19(3)15-28(25)27/h13-15,24,27H,4-5,8-12,16-18H2,1-3,6-7H3. The molecule has 2 aliphatic carbocycles. The van der Waals surface area contributed by atoms with Crippen LogP contribution in [-0.2, 0) is 6.42 Å². The Hall–Kier alpha value is -1.82. The lowest BCUT2D eigenvalue weighted by molar-refractivity contribution is 0.441. The normalized spacial score (nSPS) is 19.0. The van der Waals surface area contributed by atoms with E-state index >= 15 is 0 Å². The van der Waals surface area contributed by atoms with Gasteiger partial charge < -0.3 is 0 Å². The van der Waals surface area contributed by atoms with Crippen LogP contribution in [-0.4, -0.2) is 0 Å². The maximum Gasteiger partial charge on any atom is 0.00892 e. The second-order valence-corrected chi connectivity index (χ2v) is 9.53. The number of benzene rings is 1. The fourth-order valence-corrected chi connectivity index (χ4v) is 5.54. The smallest absolute Gasteiger partial charge is 0.00892 e. The molecule has 2 aliphatic rings. The van der Waals surface area contributed by atoms with Crippen molar-refractivity contribution in [2.45, 2.75) is 91.9 Å². The molecule has 1 aromatic carbocycles. The van der Waals surface area contributed by atoms with Crippen molar-refractivity contribution < 1.29 is 0 Å². The van der Waals surface area contributed by atoms with Crippen molar-refractivity contribution in [2.75, 3.05) is 0 Å². The molecule has 156 valence electrons. The third-order valence-corrected chi connectivity index (χ3v) is 7.45. The molecule has 0 saturated carbocycles. The molecule has 1 aromatic rings. The van der Waals surface area contributed by atoms with Gasteiger partial charge in [0.25, 0.3) is 0 Å². The summed E-state index contributed by atoms with van der Waals surface area (Å²) in [5.74, 6) is 1.37. The molecule has 0 nitrogen and oxygen atoms in total. The minimum absolute atomic E-state index is 0.491. The zero-order valence-corrected chi connectivity index (χ0v) is 19.5. The van der Waals surface area contributed by atoms with E-state index in [-0.39, 0.29) is 0 Å². The summed E-state index contributed by atoms with van der Waals surface area (Å²) in [7, 11) is 0. The van der Waals surface area contributed by atoms with Gasteiger partial charge in [0.1, 0.15) is 0 Å². The van der Waals surface area contributed by atoms with Gasteiger partial charge in [0, 0.05) is 5.92 Å². The zero-order chi connectivity index (χ0) is 21.1. The summed E-state index contributed by atoms with van der Waals surface area (Å²) in [6.45, 7) is 20.4. The zero-order valence-electron chi connectivity index (χ0n) is 19.5. The van der Waals surface area contributed by atoms with Gasteiger partial charge in [-0.2, -0.15) is 0 Å². The summed E-state index contributed by atoms with van der Waals surface area (Å²) >= 11 is 0. The van der Waals surface area contributed by atoms with Gasteiger partial charge in [0.2, 0.25) is 0 Å². The van der Waals surface area contributed by atoms with E-state index in [9.17, 15) is 0 Å². The Kier molecular flexibility index (Phi) is 7.04. The second-order valence-electron chi connectivity index (χ2n) is 9.53. The van der Waals surface area contributed by atoms with Crippen LogP contribution >= 0.6 is 0 Å². The first-order valence-electron chi connectivity index (χ1n) is 11.7. The first-order valence-corrected chi connectivity index (χ1v) is 11.7. The average molecular weight is 389 g/mol. The molecular formula is C29H40. The third kappa shape index (κ3) is 4.68. The highest BCUT2D eigenvalue weighted by Gasteiger charge is 2.29. The Morgan fingerprint density at radius 1 is 1.10 bits per heavy atom. The van der Waals surface area contributed by atoms with Gasteiger partial charge in [0.05, 0.1) is 0 Å². The molecule has 0 aromatic heterocycles. The SMILES string of the molecule is C=C(CCCC(CC)CC)C1=C(C)CC(CC2C(=C)Cc3ccc(C)cc32)=C1C. The van der Waals surface area contributed by atoms with E-state index in [1.807, 2.05) is 0 Å². The highest BCUT2D eigenvalue weighted by Crippen LogP contribution is 2.46. The predicted molar refractivity (Wildman–Crippen MR) is 128 cm³/mol. The molecule has 0 N–H and O–H groups in total. The lowest BCUT2D eigenvalue weighted by Crippen LogP contribution is -2.00. The van der Waals surface area contributed by atoms with Crippen LogP contribution in [0.25, 0.3) is 0 Å². The van der Waals surface area contributed by atoms with Crippen molar-refractivity contribution >= 4 is 0 Å². The number of fused-ring (bicyclic) bond motifs is 1. The summed E-state index contributed by atoms with van der Waals surface area (Å²) in [6.07, 6.45) is 9.67. The maximum atomic E-state index is 4.51. The topological polar surface area (TPSA) is 0 Å². The number of rotatable bonds is 9. The summed E-state index contributed by atoms with van der Waals surface area (Å²) in [5.41, 5.74) is 13.2. The molecule has 0 heterocycles. The summed E-state index contributed by atoms with van der Waals surface area (Å²) in [4.78, 5) is 0. The van der Waals surface area contributed by atoms with Crippen LogP contribution in [0.1, 0.15) is 95.2 Å². The molecule has 0 spiro atoms. The quantitative estimate of drug-likeness (QED) is 0.371. The van der Waals surface area contributed by atoms with Crippen molar-refractivity contribution in [1.82, 2.24) is 0 Å². The molecule has 29 heavy (non-hydrogen) atoms. The molecule has 0 aliphatic heterocycles. The first-order chi connectivity index (χ1) is 13.8. The van der Waals surface area contributed by atoms with E-state index < -0.39 is 0 Å². The fourth-order valence-electron chi connectivity index (χ4n) is 5.54. The van der Waals surface area contributed by atoms with E-state index in [0.29, 0.717) is 5.92 Å². The van der Waals surface area contributed by atoms with E-state index in [1.165, 1.54) is 70.2 Å². The Balaban J connectivity index is 1.70. The van der Waals surface area contributed by atoms with Crippen LogP contribution < -0.4 is 0 Å². The lowest BCUT2D eigenvalue weighted by Gasteiger charge is -2.17. The molecule has 1 unspecified atom stereocenters. The highest BCUT2D eigenvalue weighted by atomic mass is 14.3. The molecule has 3 rings (SSSR count). The third-order valence-electron chi connectivity index (χ3n) is 7.45. The van der Waals surface area contributed by atoms with Gasteiger partial charge in [-0.25, -0.2) is 0 Å². The molecular weight excluding hydrogens is 348 g/mol. The van der Waals surface area contributed by atoms with Gasteiger partial charge >= 0.3 is 0 Å². The summed E-state index contributed by atoms with van der Waals surface area (Å²) < 4.78 is 0. The molecule has 1 atom stereocenters. The average Bonchev–Trinajstić information content (AvgIpc) is 3.14. The largest absolute Gasteiger partial charge is 0.0989 e. The molecule has 0 heteroatoms. The molecule has 0 saturated heterocycles. The Bertz CT molecular complexity index is 854. The predicted octanol–water partition coefficient (Wildman–Crippen LogP) is 8.78. The summed E-state index contributed by atoms with van der Waals surface area (Å²) in [6, 6.07) is 6.94. The summed E-state index contributed by atoms with van der Waals surface area (Å²) in [5, 5.41) is 0. The first kappa shape index (κ1) is 21.9. The lowest BCUT2D eigenvalue weighted by atomic mass is 9.88. The monoisotopic (exact) mass is 388 g/mol. The number of aryl methyl sites for hydroxylation is 1. The van der Waals surface area contributed by atoms with Gasteiger partial charge in [-0.05, 0) is 86.6 Å². The molecule has 0 radical (unpaired) electrons. The van der Waals surface area contributed by atoms with E-state index in [2.05, 4.69) is 66.0 Å². The van der Waals surface area contributed by atoms with Crippen LogP contribution in [0.3, 0.4) is 0 Å². The number of allylic oxidation sites excluding steroid dienone is 6. The maximum absolute atomic E-state index is 4.51. The fraction of sp³-hybridized carbons (Fsp3) is 0.517. The molecule has 0 fully saturated rings. The van der Waals surface area contributed by atoms with Crippen molar-refractivity contribution in [1.29, 1.82) is 0 Å². The molecule has 0 amide bonds. The Labute approximate surface area is 179 Å². The van der Waals surface area contributed by atoms with Gasteiger partial charge in [-0.1, -0.05) is 86.7 Å². The van der Waals surface area contributed by atoms with Gasteiger partial charge in [-0.3, -0.25) is 0 Å². The minimum atomic E-state index is 0.491. The second kappa shape index (κ2) is 9.33. The van der Waals surface area contributed by atoms with Crippen molar-refractivity contribution in [3.63, 3.8) is 0 Å². The minimum Gasteiger partial charge on any atom is -0.0989 e.